The topological polar surface area (TPSA) is 23.6 Å². The average Bonchev–Trinajstić information content (AvgIpc) is 2.65. The van der Waals surface area contributed by atoms with Gasteiger partial charge in [-0.1, -0.05) is 29.3 Å². The van der Waals surface area contributed by atoms with E-state index in [0.29, 0.717) is 10.6 Å². The van der Waals surface area contributed by atoms with Crippen LogP contribution in [0.5, 0.6) is 0 Å². The molecule has 1 saturated heterocycles. The maximum absolute atomic E-state index is 14.1. The highest BCUT2D eigenvalue weighted by Gasteiger charge is 2.31. The zero-order valence-corrected chi connectivity index (χ0v) is 15.6. The molecule has 0 radical (unpaired) electrons. The van der Waals surface area contributed by atoms with Gasteiger partial charge in [-0.25, -0.2) is 17.6 Å². The number of carbonyl (C=O) groups is 1. The molecule has 0 aliphatic carbocycles. The molecule has 0 atom stereocenters. The van der Waals surface area contributed by atoms with E-state index >= 15 is 0 Å². The van der Waals surface area contributed by atoms with E-state index in [1.54, 1.807) is 18.2 Å². The summed E-state index contributed by atoms with van der Waals surface area (Å²) in [6.07, 6.45) is 0. The Morgan fingerprint density at radius 2 is 1.48 bits per heavy atom. The predicted octanol–water partition coefficient (Wildman–Crippen LogP) is 4.82. The normalized spacial score (nSPS) is 14.6. The highest BCUT2D eigenvalue weighted by atomic mass is 35.5. The van der Waals surface area contributed by atoms with E-state index in [1.165, 1.54) is 4.90 Å². The third kappa shape index (κ3) is 3.58. The predicted molar refractivity (Wildman–Crippen MR) is 95.6 cm³/mol. The highest BCUT2D eigenvalue weighted by molar-refractivity contribution is 6.34. The molecule has 1 aliphatic heterocycles. The lowest BCUT2D eigenvalue weighted by molar-refractivity contribution is 0.0746. The Bertz CT molecular complexity index is 886. The molecule has 2 aromatic rings. The van der Waals surface area contributed by atoms with E-state index in [2.05, 4.69) is 0 Å². The zero-order chi connectivity index (χ0) is 19.9. The summed E-state index contributed by atoms with van der Waals surface area (Å²) >= 11 is 11.4. The zero-order valence-electron chi connectivity index (χ0n) is 14.1. The van der Waals surface area contributed by atoms with Gasteiger partial charge in [-0.2, -0.15) is 0 Å². The maximum Gasteiger partial charge on any atom is 0.255 e. The Morgan fingerprint density at radius 3 is 2.00 bits per heavy atom. The third-order valence-electron chi connectivity index (χ3n) is 4.42. The van der Waals surface area contributed by atoms with Gasteiger partial charge in [0.25, 0.3) is 5.91 Å². The first-order valence-corrected chi connectivity index (χ1v) is 8.79. The van der Waals surface area contributed by atoms with Crippen molar-refractivity contribution < 1.29 is 22.4 Å². The van der Waals surface area contributed by atoms with Crippen molar-refractivity contribution in [2.24, 2.45) is 0 Å². The van der Waals surface area contributed by atoms with Gasteiger partial charge >= 0.3 is 0 Å². The molecule has 0 saturated carbocycles. The van der Waals surface area contributed by atoms with Crippen LogP contribution in [-0.2, 0) is 0 Å². The lowest BCUT2D eigenvalue weighted by Gasteiger charge is -2.36. The summed E-state index contributed by atoms with van der Waals surface area (Å²) in [5.74, 6) is -6.72. The Labute approximate surface area is 163 Å². The molecule has 27 heavy (non-hydrogen) atoms. The van der Waals surface area contributed by atoms with Crippen LogP contribution in [0.15, 0.2) is 18.2 Å². The number of amides is 1. The van der Waals surface area contributed by atoms with E-state index < -0.39 is 34.0 Å². The number of halogens is 6. The van der Waals surface area contributed by atoms with Gasteiger partial charge < -0.3 is 9.80 Å². The van der Waals surface area contributed by atoms with E-state index in [1.807, 2.05) is 6.92 Å². The lowest BCUT2D eigenvalue weighted by Crippen LogP contribution is -2.49. The van der Waals surface area contributed by atoms with Crippen LogP contribution in [0, 0.1) is 30.2 Å². The van der Waals surface area contributed by atoms with Crippen LogP contribution in [-0.4, -0.2) is 37.0 Å². The first kappa shape index (κ1) is 19.8. The Morgan fingerprint density at radius 1 is 0.926 bits per heavy atom. The summed E-state index contributed by atoms with van der Waals surface area (Å²) in [7, 11) is 0. The molecule has 0 bridgehead atoms. The maximum atomic E-state index is 14.1. The molecule has 0 spiro atoms. The number of carbonyl (C=O) groups excluding carboxylic acids is 1. The van der Waals surface area contributed by atoms with Crippen LogP contribution in [0.1, 0.15) is 15.9 Å². The van der Waals surface area contributed by atoms with Crippen molar-refractivity contribution in [3.8, 4) is 0 Å². The summed E-state index contributed by atoms with van der Waals surface area (Å²) in [6.45, 7) is 2.03. The average molecular weight is 421 g/mol. The molecular formula is C18H14Cl2F4N2O. The van der Waals surface area contributed by atoms with E-state index in [0.717, 1.165) is 10.5 Å². The van der Waals surface area contributed by atoms with Gasteiger partial charge in [0, 0.05) is 26.2 Å². The number of hydrogen-bond acceptors (Lipinski definition) is 2. The molecule has 2 aromatic carbocycles. The largest absolute Gasteiger partial charge is 0.363 e. The lowest BCUT2D eigenvalue weighted by atomic mass is 10.1. The molecule has 9 heteroatoms. The van der Waals surface area contributed by atoms with Crippen molar-refractivity contribution in [1.29, 1.82) is 0 Å². The smallest absolute Gasteiger partial charge is 0.255 e. The number of anilines is 1. The molecule has 1 amide bonds. The summed E-state index contributed by atoms with van der Waals surface area (Å²) in [6, 6.07) is 5.02. The third-order valence-corrected chi connectivity index (χ3v) is 5.07. The fraction of sp³-hybridized carbons (Fsp3) is 0.278. The van der Waals surface area contributed by atoms with Crippen molar-refractivity contribution in [3.05, 3.63) is 62.6 Å². The molecule has 1 aliphatic rings. The summed E-state index contributed by atoms with van der Waals surface area (Å²) in [5.41, 5.74) is 0.394. The number of piperazine rings is 1. The molecule has 0 unspecified atom stereocenters. The fourth-order valence-corrected chi connectivity index (χ4v) is 3.45. The standard InChI is InChI=1S/C18H14Cl2F4N2O/c1-9-2-3-10(11(19)8-9)18(27)26-6-4-25(5-7-26)17-15(23)13(21)12(20)14(22)16(17)24/h2-3,8H,4-7H2,1H3. The van der Waals surface area contributed by atoms with E-state index in [9.17, 15) is 22.4 Å². The van der Waals surface area contributed by atoms with Gasteiger partial charge in [-0.05, 0) is 24.6 Å². The monoisotopic (exact) mass is 420 g/mol. The molecule has 0 aromatic heterocycles. The van der Waals surface area contributed by atoms with Crippen molar-refractivity contribution >= 4 is 34.8 Å². The second-order valence-corrected chi connectivity index (χ2v) is 6.97. The number of benzene rings is 2. The van der Waals surface area contributed by atoms with Crippen molar-refractivity contribution in [1.82, 2.24) is 4.90 Å². The Hall–Kier alpha value is -1.99. The summed E-state index contributed by atoms with van der Waals surface area (Å²) in [4.78, 5) is 15.2. The van der Waals surface area contributed by atoms with Gasteiger partial charge in [-0.3, -0.25) is 4.79 Å². The minimum absolute atomic E-state index is 0.0103. The second-order valence-electron chi connectivity index (χ2n) is 6.18. The quantitative estimate of drug-likeness (QED) is 0.395. The first-order chi connectivity index (χ1) is 12.7. The van der Waals surface area contributed by atoms with Crippen LogP contribution in [0.3, 0.4) is 0 Å². The van der Waals surface area contributed by atoms with Crippen LogP contribution < -0.4 is 4.90 Å². The minimum Gasteiger partial charge on any atom is -0.363 e. The van der Waals surface area contributed by atoms with E-state index in [4.69, 9.17) is 23.2 Å². The molecule has 0 N–H and O–H groups in total. The highest BCUT2D eigenvalue weighted by Crippen LogP contribution is 2.34. The van der Waals surface area contributed by atoms with Crippen LogP contribution in [0.2, 0.25) is 10.0 Å². The molecule has 3 nitrogen and oxygen atoms in total. The first-order valence-electron chi connectivity index (χ1n) is 8.04. The minimum atomic E-state index is -1.64. The van der Waals surface area contributed by atoms with Crippen LogP contribution >= 0.6 is 23.2 Å². The van der Waals surface area contributed by atoms with Crippen molar-refractivity contribution in [2.45, 2.75) is 6.92 Å². The molecular weight excluding hydrogens is 407 g/mol. The second kappa shape index (κ2) is 7.56. The Kier molecular flexibility index (Phi) is 5.53. The number of nitrogens with zero attached hydrogens (tertiary/aromatic N) is 2. The number of aryl methyl sites for hydroxylation is 1. The Balaban J connectivity index is 1.79. The van der Waals surface area contributed by atoms with Gasteiger partial charge in [0.05, 0.1) is 10.6 Å². The van der Waals surface area contributed by atoms with Crippen LogP contribution in [0.4, 0.5) is 23.2 Å². The SMILES string of the molecule is Cc1ccc(C(=O)N2CCN(c3c(F)c(F)c(Cl)c(F)c3F)CC2)c(Cl)c1. The number of rotatable bonds is 2. The van der Waals surface area contributed by atoms with Gasteiger partial charge in [0.15, 0.2) is 23.3 Å². The molecule has 3 rings (SSSR count). The summed E-state index contributed by atoms with van der Waals surface area (Å²) < 4.78 is 55.5. The molecule has 1 heterocycles. The van der Waals surface area contributed by atoms with Gasteiger partial charge in [0.1, 0.15) is 10.7 Å². The van der Waals surface area contributed by atoms with E-state index in [-0.39, 0.29) is 32.1 Å². The van der Waals surface area contributed by atoms with Crippen LogP contribution in [0.25, 0.3) is 0 Å². The van der Waals surface area contributed by atoms with Gasteiger partial charge in [-0.15, -0.1) is 0 Å². The molecule has 144 valence electrons. The van der Waals surface area contributed by atoms with Crippen molar-refractivity contribution in [2.75, 3.05) is 31.1 Å². The fourth-order valence-electron chi connectivity index (χ4n) is 2.97. The van der Waals surface area contributed by atoms with Crippen molar-refractivity contribution in [3.63, 3.8) is 0 Å². The summed E-state index contributed by atoms with van der Waals surface area (Å²) in [5, 5.41) is -0.919. The van der Waals surface area contributed by atoms with Gasteiger partial charge in [0.2, 0.25) is 0 Å². The number of hydrogen-bond donors (Lipinski definition) is 0. The molecule has 1 fully saturated rings.